The first-order valence-electron chi connectivity index (χ1n) is 5.99. The lowest BCUT2D eigenvalue weighted by Crippen LogP contribution is -2.25. The van der Waals surface area contributed by atoms with Gasteiger partial charge in [-0.25, -0.2) is 0 Å². The summed E-state index contributed by atoms with van der Waals surface area (Å²) >= 11 is 0. The average molecular weight is 235 g/mol. The standard InChI is InChI=1S/C13H21N3O/c1-15-10-11-5-4-6-12(9-11)13(17)16-8-3-2-7-14/h4-6,9,15H,2-3,7-8,10,14H2,1H3,(H,16,17). The molecule has 4 heteroatoms. The highest BCUT2D eigenvalue weighted by atomic mass is 16.1. The molecule has 0 spiro atoms. The quantitative estimate of drug-likeness (QED) is 0.614. The molecule has 0 fully saturated rings. The van der Waals surface area contributed by atoms with Crippen molar-refractivity contribution in [3.63, 3.8) is 0 Å². The number of nitrogens with two attached hydrogens (primary N) is 1. The Hall–Kier alpha value is -1.39. The van der Waals surface area contributed by atoms with Gasteiger partial charge in [0.05, 0.1) is 0 Å². The summed E-state index contributed by atoms with van der Waals surface area (Å²) in [5.74, 6) is -0.0139. The van der Waals surface area contributed by atoms with Crippen molar-refractivity contribution in [1.29, 1.82) is 0 Å². The highest BCUT2D eigenvalue weighted by molar-refractivity contribution is 5.94. The second-order valence-electron chi connectivity index (χ2n) is 3.98. The zero-order chi connectivity index (χ0) is 12.5. The van der Waals surface area contributed by atoms with Crippen molar-refractivity contribution < 1.29 is 4.79 Å². The van der Waals surface area contributed by atoms with Crippen LogP contribution in [0.4, 0.5) is 0 Å². The summed E-state index contributed by atoms with van der Waals surface area (Å²) in [5, 5.41) is 5.95. The lowest BCUT2D eigenvalue weighted by molar-refractivity contribution is 0.0953. The van der Waals surface area contributed by atoms with Crippen molar-refractivity contribution in [3.8, 4) is 0 Å². The Bertz CT molecular complexity index is 352. The molecule has 0 radical (unpaired) electrons. The minimum absolute atomic E-state index is 0.0139. The van der Waals surface area contributed by atoms with E-state index in [1.807, 2.05) is 31.3 Å². The first-order valence-corrected chi connectivity index (χ1v) is 5.99. The molecule has 1 aromatic carbocycles. The molecule has 0 bridgehead atoms. The maximum absolute atomic E-state index is 11.8. The summed E-state index contributed by atoms with van der Waals surface area (Å²) in [6.45, 7) is 2.13. The van der Waals surface area contributed by atoms with Gasteiger partial charge in [0.2, 0.25) is 0 Å². The number of carbonyl (C=O) groups excluding carboxylic acids is 1. The van der Waals surface area contributed by atoms with E-state index < -0.39 is 0 Å². The maximum Gasteiger partial charge on any atom is 0.251 e. The van der Waals surface area contributed by atoms with E-state index in [1.54, 1.807) is 0 Å². The van der Waals surface area contributed by atoms with Crippen LogP contribution in [0, 0.1) is 0 Å². The fourth-order valence-electron chi connectivity index (χ4n) is 1.60. The molecule has 4 N–H and O–H groups in total. The predicted octanol–water partition coefficient (Wildman–Crippen LogP) is 0.875. The van der Waals surface area contributed by atoms with E-state index in [0.717, 1.165) is 24.9 Å². The van der Waals surface area contributed by atoms with Crippen molar-refractivity contribution in [2.24, 2.45) is 5.73 Å². The van der Waals surface area contributed by atoms with Crippen molar-refractivity contribution in [2.45, 2.75) is 19.4 Å². The van der Waals surface area contributed by atoms with E-state index >= 15 is 0 Å². The molecule has 0 aliphatic heterocycles. The van der Waals surface area contributed by atoms with E-state index in [9.17, 15) is 4.79 Å². The van der Waals surface area contributed by atoms with Gasteiger partial charge in [0.15, 0.2) is 0 Å². The molecule has 1 amide bonds. The van der Waals surface area contributed by atoms with Gasteiger partial charge in [-0.1, -0.05) is 12.1 Å². The molecule has 0 aromatic heterocycles. The fraction of sp³-hybridized carbons (Fsp3) is 0.462. The van der Waals surface area contributed by atoms with Gasteiger partial charge in [-0.05, 0) is 44.1 Å². The third kappa shape index (κ3) is 4.97. The first kappa shape index (κ1) is 13.7. The molecule has 17 heavy (non-hydrogen) atoms. The van der Waals surface area contributed by atoms with E-state index in [1.165, 1.54) is 0 Å². The molecule has 0 atom stereocenters. The van der Waals surface area contributed by atoms with Crippen molar-refractivity contribution in [3.05, 3.63) is 35.4 Å². The zero-order valence-corrected chi connectivity index (χ0v) is 10.3. The number of hydrogen-bond acceptors (Lipinski definition) is 3. The highest BCUT2D eigenvalue weighted by Crippen LogP contribution is 2.05. The Morgan fingerprint density at radius 3 is 2.88 bits per heavy atom. The highest BCUT2D eigenvalue weighted by Gasteiger charge is 2.04. The van der Waals surface area contributed by atoms with Crippen molar-refractivity contribution in [1.82, 2.24) is 10.6 Å². The average Bonchev–Trinajstić information content (AvgIpc) is 2.35. The first-order chi connectivity index (χ1) is 8.27. The monoisotopic (exact) mass is 235 g/mol. The Kier molecular flexibility index (Phi) is 6.29. The molecule has 0 heterocycles. The number of unbranched alkanes of at least 4 members (excludes halogenated alkanes) is 1. The number of nitrogens with one attached hydrogen (secondary N) is 2. The Morgan fingerprint density at radius 1 is 1.35 bits per heavy atom. The van der Waals surface area contributed by atoms with Gasteiger partial charge in [0.1, 0.15) is 0 Å². The van der Waals surface area contributed by atoms with Crippen LogP contribution in [0.2, 0.25) is 0 Å². The molecule has 0 unspecified atom stereocenters. The van der Waals surface area contributed by atoms with Gasteiger partial charge in [-0.2, -0.15) is 0 Å². The normalized spacial score (nSPS) is 10.2. The van der Waals surface area contributed by atoms with Crippen molar-refractivity contribution >= 4 is 5.91 Å². The molecular weight excluding hydrogens is 214 g/mol. The molecule has 94 valence electrons. The predicted molar refractivity (Wildman–Crippen MR) is 69.8 cm³/mol. The summed E-state index contributed by atoms with van der Waals surface area (Å²) in [5.41, 5.74) is 7.22. The lowest BCUT2D eigenvalue weighted by atomic mass is 10.1. The van der Waals surface area contributed by atoms with Crippen LogP contribution in [-0.2, 0) is 6.54 Å². The van der Waals surface area contributed by atoms with Crippen LogP contribution in [0.15, 0.2) is 24.3 Å². The Morgan fingerprint density at radius 2 is 2.18 bits per heavy atom. The van der Waals surface area contributed by atoms with Gasteiger partial charge < -0.3 is 16.4 Å². The molecule has 0 saturated carbocycles. The smallest absolute Gasteiger partial charge is 0.251 e. The van der Waals surface area contributed by atoms with Crippen LogP contribution in [0.5, 0.6) is 0 Å². The van der Waals surface area contributed by atoms with Gasteiger partial charge >= 0.3 is 0 Å². The molecule has 0 aliphatic carbocycles. The molecular formula is C13H21N3O. The van der Waals surface area contributed by atoms with Crippen LogP contribution in [0.3, 0.4) is 0 Å². The minimum atomic E-state index is -0.0139. The van der Waals surface area contributed by atoms with Crippen LogP contribution < -0.4 is 16.4 Å². The third-order valence-corrected chi connectivity index (χ3v) is 2.49. The lowest BCUT2D eigenvalue weighted by Gasteiger charge is -2.06. The Balaban J connectivity index is 2.47. The van der Waals surface area contributed by atoms with Crippen LogP contribution in [-0.4, -0.2) is 26.0 Å². The zero-order valence-electron chi connectivity index (χ0n) is 10.3. The maximum atomic E-state index is 11.8. The number of carbonyl (C=O) groups is 1. The van der Waals surface area contributed by atoms with E-state index in [4.69, 9.17) is 5.73 Å². The summed E-state index contributed by atoms with van der Waals surface area (Å²) < 4.78 is 0. The summed E-state index contributed by atoms with van der Waals surface area (Å²) in [4.78, 5) is 11.8. The summed E-state index contributed by atoms with van der Waals surface area (Å²) in [6, 6.07) is 7.65. The topological polar surface area (TPSA) is 67.2 Å². The molecule has 1 rings (SSSR count). The summed E-state index contributed by atoms with van der Waals surface area (Å²) in [7, 11) is 1.89. The largest absolute Gasteiger partial charge is 0.352 e. The Labute approximate surface area is 103 Å². The molecule has 4 nitrogen and oxygen atoms in total. The second kappa shape index (κ2) is 7.81. The van der Waals surface area contributed by atoms with Gasteiger partial charge in [0.25, 0.3) is 5.91 Å². The molecule has 1 aromatic rings. The summed E-state index contributed by atoms with van der Waals surface area (Å²) in [6.07, 6.45) is 1.87. The third-order valence-electron chi connectivity index (χ3n) is 2.49. The van der Waals surface area contributed by atoms with Gasteiger partial charge in [-0.15, -0.1) is 0 Å². The second-order valence-corrected chi connectivity index (χ2v) is 3.98. The van der Waals surface area contributed by atoms with Gasteiger partial charge in [0, 0.05) is 18.7 Å². The molecule has 0 saturated heterocycles. The molecule has 0 aliphatic rings. The van der Waals surface area contributed by atoms with Crippen LogP contribution >= 0.6 is 0 Å². The fourth-order valence-corrected chi connectivity index (χ4v) is 1.60. The van der Waals surface area contributed by atoms with Crippen LogP contribution in [0.25, 0.3) is 0 Å². The van der Waals surface area contributed by atoms with Crippen molar-refractivity contribution in [2.75, 3.05) is 20.1 Å². The number of rotatable bonds is 7. The number of hydrogen-bond donors (Lipinski definition) is 3. The number of amides is 1. The van der Waals surface area contributed by atoms with Crippen LogP contribution in [0.1, 0.15) is 28.8 Å². The van der Waals surface area contributed by atoms with E-state index in [-0.39, 0.29) is 5.91 Å². The number of benzene rings is 1. The minimum Gasteiger partial charge on any atom is -0.352 e. The van der Waals surface area contributed by atoms with E-state index in [2.05, 4.69) is 10.6 Å². The van der Waals surface area contributed by atoms with Gasteiger partial charge in [-0.3, -0.25) is 4.79 Å². The SMILES string of the molecule is CNCc1cccc(C(=O)NCCCCN)c1. The van der Waals surface area contributed by atoms with E-state index in [0.29, 0.717) is 18.7 Å².